The molecule has 1 aromatic carbocycles. The summed E-state index contributed by atoms with van der Waals surface area (Å²) in [5, 5.41) is 1.16. The van der Waals surface area contributed by atoms with Crippen molar-refractivity contribution in [2.24, 2.45) is 0 Å². The van der Waals surface area contributed by atoms with Gasteiger partial charge in [-0.25, -0.2) is 0 Å². The average Bonchev–Trinajstić information content (AvgIpc) is 2.97. The van der Waals surface area contributed by atoms with Gasteiger partial charge in [-0.05, 0) is 36.6 Å². The zero-order valence-electron chi connectivity index (χ0n) is 9.32. The van der Waals surface area contributed by atoms with E-state index in [2.05, 4.69) is 12.1 Å². The van der Waals surface area contributed by atoms with Gasteiger partial charge in [0.05, 0.1) is 19.0 Å². The van der Waals surface area contributed by atoms with Crippen LogP contribution in [0.2, 0.25) is 0 Å². The van der Waals surface area contributed by atoms with Gasteiger partial charge in [-0.15, -0.1) is 0 Å². The highest BCUT2D eigenvalue weighted by molar-refractivity contribution is 5.77. The first-order chi connectivity index (χ1) is 7.92. The van der Waals surface area contributed by atoms with E-state index in [1.165, 1.54) is 31.2 Å². The zero-order valence-corrected chi connectivity index (χ0v) is 9.32. The van der Waals surface area contributed by atoms with E-state index in [1.54, 1.807) is 6.26 Å². The smallest absolute Gasteiger partial charge is 0.133 e. The van der Waals surface area contributed by atoms with E-state index in [0.717, 1.165) is 17.6 Å². The highest BCUT2D eigenvalue weighted by Gasteiger charge is 2.15. The van der Waals surface area contributed by atoms with Gasteiger partial charge < -0.3 is 9.15 Å². The number of hydrogen-bond acceptors (Lipinski definition) is 2. The van der Waals surface area contributed by atoms with Crippen LogP contribution in [0, 0.1) is 0 Å². The van der Waals surface area contributed by atoms with Crippen molar-refractivity contribution in [3.05, 3.63) is 36.1 Å². The van der Waals surface area contributed by atoms with Crippen molar-refractivity contribution in [2.75, 3.05) is 0 Å². The first-order valence-corrected chi connectivity index (χ1v) is 5.99. The van der Waals surface area contributed by atoms with E-state index in [4.69, 9.17) is 9.15 Å². The maximum atomic E-state index is 5.88. The van der Waals surface area contributed by atoms with Crippen LogP contribution in [0.15, 0.2) is 34.9 Å². The van der Waals surface area contributed by atoms with E-state index in [-0.39, 0.29) is 0 Å². The molecule has 3 rings (SSSR count). The number of furan rings is 1. The molecule has 0 bridgehead atoms. The number of ether oxygens (including phenoxy) is 1. The first-order valence-electron chi connectivity index (χ1n) is 5.99. The van der Waals surface area contributed by atoms with Crippen molar-refractivity contribution in [3.63, 3.8) is 0 Å². The summed E-state index contributed by atoms with van der Waals surface area (Å²) in [5.41, 5.74) is 2.19. The van der Waals surface area contributed by atoms with Crippen LogP contribution in [-0.4, -0.2) is 6.10 Å². The summed E-state index contributed by atoms with van der Waals surface area (Å²) >= 11 is 0. The van der Waals surface area contributed by atoms with Crippen molar-refractivity contribution in [3.8, 4) is 0 Å². The zero-order chi connectivity index (χ0) is 10.8. The van der Waals surface area contributed by atoms with Gasteiger partial charge in [-0.2, -0.15) is 0 Å². The molecule has 1 heterocycles. The summed E-state index contributed by atoms with van der Waals surface area (Å²) in [6.07, 6.45) is 7.32. The van der Waals surface area contributed by atoms with Crippen molar-refractivity contribution in [1.82, 2.24) is 0 Å². The topological polar surface area (TPSA) is 22.4 Å². The van der Waals surface area contributed by atoms with Gasteiger partial charge in [-0.3, -0.25) is 0 Å². The molecule has 0 unspecified atom stereocenters. The van der Waals surface area contributed by atoms with Crippen LogP contribution < -0.4 is 0 Å². The van der Waals surface area contributed by atoms with Crippen LogP contribution in [0.4, 0.5) is 0 Å². The Morgan fingerprint density at radius 3 is 2.94 bits per heavy atom. The van der Waals surface area contributed by atoms with Crippen molar-refractivity contribution >= 4 is 11.0 Å². The Hall–Kier alpha value is -1.28. The molecule has 16 heavy (non-hydrogen) atoms. The van der Waals surface area contributed by atoms with E-state index < -0.39 is 0 Å². The second kappa shape index (κ2) is 4.30. The van der Waals surface area contributed by atoms with Crippen molar-refractivity contribution in [1.29, 1.82) is 0 Å². The molecule has 1 aromatic heterocycles. The van der Waals surface area contributed by atoms with Gasteiger partial charge in [-0.1, -0.05) is 18.9 Å². The van der Waals surface area contributed by atoms with Crippen LogP contribution in [-0.2, 0) is 11.3 Å². The first kappa shape index (κ1) is 9.91. The average molecular weight is 216 g/mol. The molecule has 1 aliphatic rings. The number of benzene rings is 1. The maximum Gasteiger partial charge on any atom is 0.133 e. The Morgan fingerprint density at radius 1 is 1.19 bits per heavy atom. The summed E-state index contributed by atoms with van der Waals surface area (Å²) in [7, 11) is 0. The second-order valence-corrected chi connectivity index (χ2v) is 4.51. The monoisotopic (exact) mass is 216 g/mol. The standard InChI is InChI=1S/C14H16O2/c1-2-4-13(3-1)16-10-11-5-6-14-12(9-11)7-8-15-14/h5-9,13H,1-4,10H2. The lowest BCUT2D eigenvalue weighted by Crippen LogP contribution is -2.06. The predicted molar refractivity (Wildman–Crippen MR) is 63.3 cm³/mol. The molecule has 0 radical (unpaired) electrons. The van der Waals surface area contributed by atoms with Crippen LogP contribution in [0.3, 0.4) is 0 Å². The molecule has 0 atom stereocenters. The molecule has 0 aliphatic heterocycles. The minimum Gasteiger partial charge on any atom is -0.464 e. The number of hydrogen-bond donors (Lipinski definition) is 0. The minimum absolute atomic E-state index is 0.486. The molecule has 2 aromatic rings. The van der Waals surface area contributed by atoms with Gasteiger partial charge in [0.25, 0.3) is 0 Å². The molecule has 1 aliphatic carbocycles. The quantitative estimate of drug-likeness (QED) is 0.776. The highest BCUT2D eigenvalue weighted by atomic mass is 16.5. The number of rotatable bonds is 3. The summed E-state index contributed by atoms with van der Waals surface area (Å²) in [6, 6.07) is 8.24. The fraction of sp³-hybridized carbons (Fsp3) is 0.429. The number of fused-ring (bicyclic) bond motifs is 1. The third-order valence-corrected chi connectivity index (χ3v) is 3.30. The van der Waals surface area contributed by atoms with Crippen molar-refractivity contribution < 1.29 is 9.15 Å². The molecule has 84 valence electrons. The van der Waals surface area contributed by atoms with Crippen LogP contribution in [0.1, 0.15) is 31.2 Å². The summed E-state index contributed by atoms with van der Waals surface area (Å²) < 4.78 is 11.2. The Balaban J connectivity index is 1.68. The van der Waals surface area contributed by atoms with Crippen LogP contribution >= 0.6 is 0 Å². The molecular formula is C14H16O2. The Kier molecular flexibility index (Phi) is 2.66. The lowest BCUT2D eigenvalue weighted by atomic mass is 10.2. The van der Waals surface area contributed by atoms with Gasteiger partial charge in [0, 0.05) is 5.39 Å². The Labute approximate surface area is 95.2 Å². The highest BCUT2D eigenvalue weighted by Crippen LogP contribution is 2.23. The van der Waals surface area contributed by atoms with Crippen LogP contribution in [0.25, 0.3) is 11.0 Å². The van der Waals surface area contributed by atoms with Crippen molar-refractivity contribution in [2.45, 2.75) is 38.4 Å². The molecule has 0 saturated heterocycles. The SMILES string of the molecule is c1cc2cc(COC3CCCC3)ccc2o1. The van der Waals surface area contributed by atoms with Gasteiger partial charge in [0.1, 0.15) is 5.58 Å². The molecule has 1 saturated carbocycles. The third-order valence-electron chi connectivity index (χ3n) is 3.30. The molecule has 2 heteroatoms. The van der Waals surface area contributed by atoms with E-state index in [0.29, 0.717) is 6.10 Å². The maximum absolute atomic E-state index is 5.88. The summed E-state index contributed by atoms with van der Waals surface area (Å²) in [4.78, 5) is 0. The van der Waals surface area contributed by atoms with Crippen LogP contribution in [0.5, 0.6) is 0 Å². The minimum atomic E-state index is 0.486. The van der Waals surface area contributed by atoms with E-state index in [1.807, 2.05) is 12.1 Å². The molecular weight excluding hydrogens is 200 g/mol. The lowest BCUT2D eigenvalue weighted by molar-refractivity contribution is 0.0457. The molecule has 0 spiro atoms. The Morgan fingerprint density at radius 2 is 2.06 bits per heavy atom. The van der Waals surface area contributed by atoms with Gasteiger partial charge in [0.2, 0.25) is 0 Å². The molecule has 0 N–H and O–H groups in total. The Bertz CT molecular complexity index is 466. The molecule has 1 fully saturated rings. The fourth-order valence-electron chi connectivity index (χ4n) is 2.38. The predicted octanol–water partition coefficient (Wildman–Crippen LogP) is 3.89. The summed E-state index contributed by atoms with van der Waals surface area (Å²) in [5.74, 6) is 0. The van der Waals surface area contributed by atoms with Gasteiger partial charge >= 0.3 is 0 Å². The largest absolute Gasteiger partial charge is 0.464 e. The fourth-order valence-corrected chi connectivity index (χ4v) is 2.38. The molecule has 2 nitrogen and oxygen atoms in total. The lowest BCUT2D eigenvalue weighted by Gasteiger charge is -2.10. The third kappa shape index (κ3) is 1.98. The normalized spacial score (nSPS) is 17.2. The molecule has 0 amide bonds. The van der Waals surface area contributed by atoms with E-state index in [9.17, 15) is 0 Å². The second-order valence-electron chi connectivity index (χ2n) is 4.51. The summed E-state index contributed by atoms with van der Waals surface area (Å²) in [6.45, 7) is 0.728. The van der Waals surface area contributed by atoms with Gasteiger partial charge in [0.15, 0.2) is 0 Å². The van der Waals surface area contributed by atoms with E-state index >= 15 is 0 Å².